The number of hydrogen-bond donors (Lipinski definition) is 1. The van der Waals surface area contributed by atoms with Crippen molar-refractivity contribution in [1.29, 1.82) is 0 Å². The molecule has 4 nitrogen and oxygen atoms in total. The molecule has 1 aromatic heterocycles. The molecule has 0 bridgehead atoms. The predicted octanol–water partition coefficient (Wildman–Crippen LogP) is 1.88. The molecular formula is C11H19N3O. The smallest absolute Gasteiger partial charge is 0.228 e. The zero-order valence-corrected chi connectivity index (χ0v) is 9.49. The topological polar surface area (TPSA) is 51.0 Å². The van der Waals surface area contributed by atoms with Gasteiger partial charge in [0.05, 0.1) is 0 Å². The van der Waals surface area contributed by atoms with Gasteiger partial charge in [0, 0.05) is 18.4 Å². The third-order valence-electron chi connectivity index (χ3n) is 2.83. The van der Waals surface area contributed by atoms with Crippen LogP contribution in [0.5, 0.6) is 0 Å². The van der Waals surface area contributed by atoms with E-state index in [-0.39, 0.29) is 0 Å². The van der Waals surface area contributed by atoms with Crippen molar-refractivity contribution < 1.29 is 4.52 Å². The fourth-order valence-corrected chi connectivity index (χ4v) is 1.89. The molecule has 4 heteroatoms. The Bertz CT molecular complexity index is 303. The van der Waals surface area contributed by atoms with Crippen molar-refractivity contribution in [2.75, 3.05) is 6.54 Å². The van der Waals surface area contributed by atoms with Crippen LogP contribution in [0.25, 0.3) is 0 Å². The highest BCUT2D eigenvalue weighted by Crippen LogP contribution is 2.14. The molecule has 0 aromatic carbocycles. The van der Waals surface area contributed by atoms with Crippen molar-refractivity contribution >= 4 is 0 Å². The lowest BCUT2D eigenvalue weighted by Crippen LogP contribution is -2.35. The first-order chi connectivity index (χ1) is 7.25. The summed E-state index contributed by atoms with van der Waals surface area (Å²) in [5.74, 6) is 1.95. The molecule has 0 amide bonds. The molecule has 84 valence electrons. The monoisotopic (exact) mass is 209 g/mol. The van der Waals surface area contributed by atoms with Crippen LogP contribution >= 0.6 is 0 Å². The van der Waals surface area contributed by atoms with Crippen LogP contribution in [-0.2, 0) is 6.42 Å². The van der Waals surface area contributed by atoms with Gasteiger partial charge < -0.3 is 9.84 Å². The Kier molecular flexibility index (Phi) is 3.36. The molecule has 0 saturated carbocycles. The number of aromatic nitrogens is 2. The highest BCUT2D eigenvalue weighted by atomic mass is 16.5. The maximum Gasteiger partial charge on any atom is 0.228 e. The first-order valence-electron chi connectivity index (χ1n) is 5.81. The lowest BCUT2D eigenvalue weighted by Gasteiger charge is -2.21. The van der Waals surface area contributed by atoms with Gasteiger partial charge in [-0.25, -0.2) is 0 Å². The molecule has 1 aliphatic heterocycles. The van der Waals surface area contributed by atoms with Crippen molar-refractivity contribution in [3.05, 3.63) is 11.7 Å². The Balaban J connectivity index is 1.91. The summed E-state index contributed by atoms with van der Waals surface area (Å²) in [7, 11) is 0. The zero-order valence-electron chi connectivity index (χ0n) is 9.49. The SMILES string of the molecule is CC(C)c1noc(C[C@@H]2CCCCN2)n1. The normalized spacial score (nSPS) is 22.2. The number of nitrogens with zero attached hydrogens (tertiary/aromatic N) is 2. The molecule has 2 heterocycles. The minimum absolute atomic E-state index is 0.349. The van der Waals surface area contributed by atoms with Gasteiger partial charge in [-0.1, -0.05) is 25.4 Å². The summed E-state index contributed by atoms with van der Waals surface area (Å²) < 4.78 is 5.23. The quantitative estimate of drug-likeness (QED) is 0.825. The summed E-state index contributed by atoms with van der Waals surface area (Å²) in [6, 6.07) is 0.527. The van der Waals surface area contributed by atoms with E-state index >= 15 is 0 Å². The van der Waals surface area contributed by atoms with Crippen LogP contribution in [0, 0.1) is 0 Å². The van der Waals surface area contributed by atoms with E-state index in [2.05, 4.69) is 29.3 Å². The van der Waals surface area contributed by atoms with Crippen LogP contribution in [0.1, 0.15) is 50.7 Å². The summed E-state index contributed by atoms with van der Waals surface area (Å²) >= 11 is 0. The van der Waals surface area contributed by atoms with Crippen LogP contribution in [0.15, 0.2) is 4.52 Å². The van der Waals surface area contributed by atoms with E-state index in [4.69, 9.17) is 4.52 Å². The molecule has 1 aromatic rings. The Morgan fingerprint density at radius 3 is 2.93 bits per heavy atom. The van der Waals surface area contributed by atoms with Crippen LogP contribution < -0.4 is 5.32 Å². The van der Waals surface area contributed by atoms with E-state index in [1.807, 2.05) is 0 Å². The van der Waals surface area contributed by atoms with E-state index in [9.17, 15) is 0 Å². The summed E-state index contributed by atoms with van der Waals surface area (Å²) in [6.45, 7) is 5.27. The number of piperidine rings is 1. The molecule has 0 radical (unpaired) electrons. The molecule has 2 rings (SSSR count). The summed E-state index contributed by atoms with van der Waals surface area (Å²) in [5, 5.41) is 7.45. The van der Waals surface area contributed by atoms with Crippen molar-refractivity contribution in [2.45, 2.75) is 51.5 Å². The molecule has 1 fully saturated rings. The maximum atomic E-state index is 5.23. The molecule has 15 heavy (non-hydrogen) atoms. The largest absolute Gasteiger partial charge is 0.339 e. The molecule has 1 aliphatic rings. The second kappa shape index (κ2) is 4.75. The summed E-state index contributed by atoms with van der Waals surface area (Å²) in [5.41, 5.74) is 0. The molecule has 0 aliphatic carbocycles. The lowest BCUT2D eigenvalue weighted by atomic mass is 10.0. The molecule has 1 atom stereocenters. The van der Waals surface area contributed by atoms with Crippen LogP contribution in [0.4, 0.5) is 0 Å². The van der Waals surface area contributed by atoms with Crippen molar-refractivity contribution in [1.82, 2.24) is 15.5 Å². The molecule has 1 N–H and O–H groups in total. The van der Waals surface area contributed by atoms with E-state index in [0.717, 1.165) is 24.7 Å². The molecule has 0 unspecified atom stereocenters. The average molecular weight is 209 g/mol. The van der Waals surface area contributed by atoms with Gasteiger partial charge >= 0.3 is 0 Å². The fourth-order valence-electron chi connectivity index (χ4n) is 1.89. The highest BCUT2D eigenvalue weighted by Gasteiger charge is 2.17. The second-order valence-corrected chi connectivity index (χ2v) is 4.55. The van der Waals surface area contributed by atoms with Gasteiger partial charge in [-0.15, -0.1) is 0 Å². The highest BCUT2D eigenvalue weighted by molar-refractivity contribution is 4.94. The third kappa shape index (κ3) is 2.78. The molecule has 1 saturated heterocycles. The molecule has 0 spiro atoms. The standard InChI is InChI=1S/C11H19N3O/c1-8(2)11-13-10(15-14-11)7-9-5-3-4-6-12-9/h8-9,12H,3-7H2,1-2H3/t9-/m0/s1. The van der Waals surface area contributed by atoms with Crippen LogP contribution in [0.3, 0.4) is 0 Å². The zero-order chi connectivity index (χ0) is 10.7. The first-order valence-corrected chi connectivity index (χ1v) is 5.81. The van der Waals surface area contributed by atoms with Gasteiger partial charge in [-0.05, 0) is 19.4 Å². The number of nitrogens with one attached hydrogen (secondary N) is 1. The van der Waals surface area contributed by atoms with Crippen molar-refractivity contribution in [3.63, 3.8) is 0 Å². The maximum absolute atomic E-state index is 5.23. The Labute approximate surface area is 90.4 Å². The average Bonchev–Trinajstić information content (AvgIpc) is 2.68. The molecular weight excluding hydrogens is 190 g/mol. The minimum Gasteiger partial charge on any atom is -0.339 e. The van der Waals surface area contributed by atoms with Gasteiger partial charge in [0.2, 0.25) is 5.89 Å². The van der Waals surface area contributed by atoms with Crippen LogP contribution in [-0.4, -0.2) is 22.7 Å². The van der Waals surface area contributed by atoms with Crippen molar-refractivity contribution in [3.8, 4) is 0 Å². The Morgan fingerprint density at radius 2 is 2.33 bits per heavy atom. The predicted molar refractivity (Wildman–Crippen MR) is 57.7 cm³/mol. The number of hydrogen-bond acceptors (Lipinski definition) is 4. The van der Waals surface area contributed by atoms with Gasteiger partial charge in [0.15, 0.2) is 5.82 Å². The van der Waals surface area contributed by atoms with Crippen LogP contribution in [0.2, 0.25) is 0 Å². The fraction of sp³-hybridized carbons (Fsp3) is 0.818. The van der Waals surface area contributed by atoms with E-state index in [1.54, 1.807) is 0 Å². The third-order valence-corrected chi connectivity index (χ3v) is 2.83. The summed E-state index contributed by atoms with van der Waals surface area (Å²) in [4.78, 5) is 4.39. The lowest BCUT2D eigenvalue weighted by molar-refractivity contribution is 0.329. The number of rotatable bonds is 3. The van der Waals surface area contributed by atoms with Gasteiger partial charge in [0.1, 0.15) is 0 Å². The Morgan fingerprint density at radius 1 is 1.47 bits per heavy atom. The van der Waals surface area contributed by atoms with E-state index < -0.39 is 0 Å². The van der Waals surface area contributed by atoms with Gasteiger partial charge in [0.25, 0.3) is 0 Å². The second-order valence-electron chi connectivity index (χ2n) is 4.55. The van der Waals surface area contributed by atoms with Crippen molar-refractivity contribution in [2.24, 2.45) is 0 Å². The van der Waals surface area contributed by atoms with E-state index in [1.165, 1.54) is 19.3 Å². The van der Waals surface area contributed by atoms with E-state index in [0.29, 0.717) is 12.0 Å². The minimum atomic E-state index is 0.349. The summed E-state index contributed by atoms with van der Waals surface area (Å²) in [6.07, 6.45) is 4.69. The van der Waals surface area contributed by atoms with Gasteiger partial charge in [-0.3, -0.25) is 0 Å². The van der Waals surface area contributed by atoms with Gasteiger partial charge in [-0.2, -0.15) is 4.98 Å². The first kappa shape index (κ1) is 10.6. The Hall–Kier alpha value is -0.900.